The Labute approximate surface area is 96.2 Å². The summed E-state index contributed by atoms with van der Waals surface area (Å²) in [5.74, 6) is 0.754. The third-order valence-electron chi connectivity index (χ3n) is 2.71. The van der Waals surface area contributed by atoms with Crippen LogP contribution in [-0.4, -0.2) is 46.6 Å². The Morgan fingerprint density at radius 2 is 1.93 bits per heavy atom. The van der Waals surface area contributed by atoms with Crippen LogP contribution in [0.15, 0.2) is 0 Å². The van der Waals surface area contributed by atoms with Gasteiger partial charge in [-0.3, -0.25) is 4.79 Å². The van der Waals surface area contributed by atoms with Crippen LogP contribution in [0, 0.1) is 0 Å². The molecule has 0 unspecified atom stereocenters. The number of carbonyl (C=O) groups is 1. The highest BCUT2D eigenvalue weighted by Gasteiger charge is 2.16. The highest BCUT2D eigenvalue weighted by atomic mass is 32.2. The zero-order valence-electron chi connectivity index (χ0n) is 9.45. The molecule has 1 aliphatic rings. The van der Waals surface area contributed by atoms with Gasteiger partial charge in [0.25, 0.3) is 0 Å². The van der Waals surface area contributed by atoms with Gasteiger partial charge in [0.05, 0.1) is 12.4 Å². The van der Waals surface area contributed by atoms with Crippen LogP contribution in [0.5, 0.6) is 0 Å². The second-order valence-corrected chi connectivity index (χ2v) is 5.53. The van der Waals surface area contributed by atoms with Crippen molar-refractivity contribution in [2.24, 2.45) is 0 Å². The lowest BCUT2D eigenvalue weighted by Gasteiger charge is -2.20. The molecule has 0 bridgehead atoms. The minimum atomic E-state index is 0.151. The Balaban J connectivity index is 2.25. The molecule has 0 saturated carbocycles. The first kappa shape index (κ1) is 12.8. The molecule has 0 aromatic carbocycles. The average Bonchev–Trinajstić information content (AvgIpc) is 2.53. The third kappa shape index (κ3) is 4.89. The molecule has 88 valence electrons. The molecule has 1 saturated heterocycles. The Kier molecular flexibility index (Phi) is 6.10. The van der Waals surface area contributed by atoms with Crippen molar-refractivity contribution in [2.75, 3.05) is 25.4 Å². The number of carbonyl (C=O) groups excluding carboxylic acids is 1. The Hall–Kier alpha value is -0.220. The van der Waals surface area contributed by atoms with Crippen molar-refractivity contribution in [3.63, 3.8) is 0 Å². The molecule has 3 nitrogen and oxygen atoms in total. The summed E-state index contributed by atoms with van der Waals surface area (Å²) in [6, 6.07) is 0. The lowest BCUT2D eigenvalue weighted by Crippen LogP contribution is -2.33. The highest BCUT2D eigenvalue weighted by molar-refractivity contribution is 8.00. The number of rotatable bonds is 4. The first-order valence-corrected chi connectivity index (χ1v) is 6.79. The summed E-state index contributed by atoms with van der Waals surface area (Å²) in [7, 11) is 0. The molecule has 0 spiro atoms. The molecule has 0 aromatic rings. The summed E-state index contributed by atoms with van der Waals surface area (Å²) < 4.78 is 0. The van der Waals surface area contributed by atoms with Gasteiger partial charge < -0.3 is 10.0 Å². The molecule has 1 rings (SSSR count). The van der Waals surface area contributed by atoms with Gasteiger partial charge in [0.1, 0.15) is 0 Å². The van der Waals surface area contributed by atoms with Gasteiger partial charge in [0.15, 0.2) is 0 Å². The number of hydrogen-bond donors (Lipinski definition) is 1. The summed E-state index contributed by atoms with van der Waals surface area (Å²) in [6.07, 6.45) is 4.80. The van der Waals surface area contributed by atoms with E-state index in [-0.39, 0.29) is 17.8 Å². The van der Waals surface area contributed by atoms with E-state index in [4.69, 9.17) is 5.11 Å². The van der Waals surface area contributed by atoms with Crippen molar-refractivity contribution in [3.05, 3.63) is 0 Å². The maximum atomic E-state index is 11.8. The van der Waals surface area contributed by atoms with E-state index in [0.29, 0.717) is 5.75 Å². The standard InChI is InChI=1S/C11H21NO2S/c1-10(8-13)15-9-11(14)12-6-4-2-3-5-7-12/h10,13H,2-9H2,1H3/t10-/m1/s1. The molecular weight excluding hydrogens is 210 g/mol. The van der Waals surface area contributed by atoms with E-state index in [9.17, 15) is 4.79 Å². The van der Waals surface area contributed by atoms with Crippen molar-refractivity contribution in [2.45, 2.75) is 37.9 Å². The van der Waals surface area contributed by atoms with Crippen molar-refractivity contribution in [1.82, 2.24) is 4.90 Å². The minimum Gasteiger partial charge on any atom is -0.395 e. The molecule has 0 aromatic heterocycles. The zero-order chi connectivity index (χ0) is 11.1. The number of amides is 1. The molecular formula is C11H21NO2S. The van der Waals surface area contributed by atoms with E-state index in [1.807, 2.05) is 11.8 Å². The van der Waals surface area contributed by atoms with E-state index in [2.05, 4.69) is 0 Å². The van der Waals surface area contributed by atoms with Crippen molar-refractivity contribution in [1.29, 1.82) is 0 Å². The Bertz CT molecular complexity index is 191. The van der Waals surface area contributed by atoms with Gasteiger partial charge in [-0.15, -0.1) is 11.8 Å². The van der Waals surface area contributed by atoms with Crippen molar-refractivity contribution >= 4 is 17.7 Å². The van der Waals surface area contributed by atoms with Gasteiger partial charge in [-0.1, -0.05) is 19.8 Å². The predicted molar refractivity (Wildman–Crippen MR) is 64.1 cm³/mol. The number of likely N-dealkylation sites (tertiary alicyclic amines) is 1. The van der Waals surface area contributed by atoms with Gasteiger partial charge in [-0.25, -0.2) is 0 Å². The maximum absolute atomic E-state index is 11.8. The highest BCUT2D eigenvalue weighted by Crippen LogP contribution is 2.14. The van der Waals surface area contributed by atoms with E-state index < -0.39 is 0 Å². The van der Waals surface area contributed by atoms with Crippen LogP contribution in [0.25, 0.3) is 0 Å². The van der Waals surface area contributed by atoms with Crippen molar-refractivity contribution in [3.8, 4) is 0 Å². The first-order chi connectivity index (χ1) is 7.24. The summed E-state index contributed by atoms with van der Waals surface area (Å²) >= 11 is 1.54. The molecule has 4 heteroatoms. The molecule has 1 amide bonds. The van der Waals surface area contributed by atoms with Gasteiger partial charge in [0.2, 0.25) is 5.91 Å². The number of hydrogen-bond acceptors (Lipinski definition) is 3. The predicted octanol–water partition coefficient (Wildman–Crippen LogP) is 1.50. The van der Waals surface area contributed by atoms with Crippen LogP contribution < -0.4 is 0 Å². The van der Waals surface area contributed by atoms with E-state index in [1.165, 1.54) is 12.8 Å². The Morgan fingerprint density at radius 3 is 2.47 bits per heavy atom. The quantitative estimate of drug-likeness (QED) is 0.797. The van der Waals surface area contributed by atoms with Crippen LogP contribution in [-0.2, 0) is 4.79 Å². The zero-order valence-corrected chi connectivity index (χ0v) is 10.3. The first-order valence-electron chi connectivity index (χ1n) is 5.74. The molecule has 15 heavy (non-hydrogen) atoms. The fourth-order valence-electron chi connectivity index (χ4n) is 1.68. The maximum Gasteiger partial charge on any atom is 0.232 e. The minimum absolute atomic E-state index is 0.151. The van der Waals surface area contributed by atoms with E-state index in [1.54, 1.807) is 11.8 Å². The Morgan fingerprint density at radius 1 is 1.33 bits per heavy atom. The molecule has 1 fully saturated rings. The van der Waals surface area contributed by atoms with E-state index in [0.717, 1.165) is 25.9 Å². The smallest absolute Gasteiger partial charge is 0.232 e. The number of nitrogens with zero attached hydrogens (tertiary/aromatic N) is 1. The van der Waals surface area contributed by atoms with Crippen molar-refractivity contribution < 1.29 is 9.90 Å². The summed E-state index contributed by atoms with van der Waals surface area (Å²) in [6.45, 7) is 3.94. The molecule has 0 aliphatic carbocycles. The fourth-order valence-corrected chi connectivity index (χ4v) is 2.39. The summed E-state index contributed by atoms with van der Waals surface area (Å²) in [5, 5.41) is 9.02. The molecule has 1 heterocycles. The van der Waals surface area contributed by atoms with Gasteiger partial charge >= 0.3 is 0 Å². The fraction of sp³-hybridized carbons (Fsp3) is 0.909. The lowest BCUT2D eigenvalue weighted by molar-refractivity contribution is -0.128. The average molecular weight is 231 g/mol. The van der Waals surface area contributed by atoms with Crippen LogP contribution in [0.3, 0.4) is 0 Å². The normalized spacial score (nSPS) is 19.7. The van der Waals surface area contributed by atoms with Gasteiger partial charge in [-0.2, -0.15) is 0 Å². The monoisotopic (exact) mass is 231 g/mol. The number of aliphatic hydroxyl groups excluding tert-OH is 1. The SMILES string of the molecule is C[C@H](CO)SCC(=O)N1CCCCCC1. The van der Waals surface area contributed by atoms with Crippen LogP contribution >= 0.6 is 11.8 Å². The van der Waals surface area contributed by atoms with Crippen LogP contribution in [0.1, 0.15) is 32.6 Å². The second-order valence-electron chi connectivity index (χ2n) is 4.10. The molecule has 1 N–H and O–H groups in total. The third-order valence-corrected chi connectivity index (χ3v) is 3.84. The van der Waals surface area contributed by atoms with Gasteiger partial charge in [0, 0.05) is 18.3 Å². The number of thioether (sulfide) groups is 1. The largest absolute Gasteiger partial charge is 0.395 e. The van der Waals surface area contributed by atoms with Crippen LogP contribution in [0.2, 0.25) is 0 Å². The summed E-state index contributed by atoms with van der Waals surface area (Å²) in [4.78, 5) is 13.8. The number of aliphatic hydroxyl groups is 1. The summed E-state index contributed by atoms with van der Waals surface area (Å²) in [5.41, 5.74) is 0. The molecule has 1 aliphatic heterocycles. The molecule has 0 radical (unpaired) electrons. The second kappa shape index (κ2) is 7.12. The van der Waals surface area contributed by atoms with Gasteiger partial charge in [-0.05, 0) is 12.8 Å². The van der Waals surface area contributed by atoms with E-state index >= 15 is 0 Å². The topological polar surface area (TPSA) is 40.5 Å². The molecule has 1 atom stereocenters. The lowest BCUT2D eigenvalue weighted by atomic mass is 10.2. The van der Waals surface area contributed by atoms with Crippen LogP contribution in [0.4, 0.5) is 0 Å².